The van der Waals surface area contributed by atoms with Crippen LogP contribution in [0.25, 0.3) is 11.1 Å². The number of halogens is 1. The van der Waals surface area contributed by atoms with E-state index in [1.54, 1.807) is 42.5 Å². The number of hydrogen-bond acceptors (Lipinski definition) is 13. The van der Waals surface area contributed by atoms with Crippen LogP contribution in [0.3, 0.4) is 0 Å². The number of piperidine rings is 2. The van der Waals surface area contributed by atoms with Crippen LogP contribution in [0.1, 0.15) is 93.1 Å². The molecule has 1 atom stereocenters. The number of carbonyl (C=O) groups is 5. The normalized spacial score (nSPS) is 20.7. The Morgan fingerprint density at radius 1 is 0.845 bits per heavy atom. The molecule has 5 aromatic rings. The molecule has 368 valence electrons. The smallest absolute Gasteiger partial charge is 0.276 e. The first-order valence-corrected chi connectivity index (χ1v) is 24.5. The number of fused-ring (bicyclic) bond motifs is 4. The average molecular weight is 966 g/mol. The molecule has 0 spiro atoms. The maximum atomic E-state index is 15.9. The molecule has 1 aliphatic carbocycles. The van der Waals surface area contributed by atoms with Crippen molar-refractivity contribution < 1.29 is 33.5 Å². The molecule has 9 heterocycles. The number of aliphatic hydroxyl groups is 1. The zero-order valence-electron chi connectivity index (χ0n) is 40.0. The van der Waals surface area contributed by atoms with Crippen LogP contribution in [0.5, 0.6) is 0 Å². The van der Waals surface area contributed by atoms with Crippen LogP contribution in [-0.4, -0.2) is 126 Å². The van der Waals surface area contributed by atoms with E-state index in [-0.39, 0.29) is 54.0 Å². The molecule has 4 aromatic heterocycles. The van der Waals surface area contributed by atoms with Crippen LogP contribution in [0.4, 0.5) is 27.4 Å². The van der Waals surface area contributed by atoms with E-state index in [1.165, 1.54) is 21.9 Å². The number of aryl methyl sites for hydroxylation is 1. The third-order valence-electron chi connectivity index (χ3n) is 15.3. The van der Waals surface area contributed by atoms with Gasteiger partial charge in [-0.25, -0.2) is 14.4 Å². The molecule has 18 nitrogen and oxygen atoms in total. The van der Waals surface area contributed by atoms with Crippen LogP contribution in [0, 0.1) is 11.2 Å². The van der Waals surface area contributed by atoms with Crippen molar-refractivity contribution in [2.75, 3.05) is 60.9 Å². The number of anilines is 4. The number of benzene rings is 1. The highest BCUT2D eigenvalue weighted by molar-refractivity contribution is 6.23. The number of imide groups is 2. The highest BCUT2D eigenvalue weighted by Gasteiger charge is 2.46. The molecule has 0 saturated carbocycles. The summed E-state index contributed by atoms with van der Waals surface area (Å²) in [6.07, 6.45) is 8.92. The number of aromatic nitrogens is 4. The van der Waals surface area contributed by atoms with Gasteiger partial charge in [0.15, 0.2) is 0 Å². The monoisotopic (exact) mass is 965 g/mol. The molecule has 6 aliphatic rings. The third kappa shape index (κ3) is 8.28. The summed E-state index contributed by atoms with van der Waals surface area (Å²) in [7, 11) is 1.67. The summed E-state index contributed by atoms with van der Waals surface area (Å²) in [5.74, 6) is -2.76. The summed E-state index contributed by atoms with van der Waals surface area (Å²) in [5, 5.41) is 16.2. The highest BCUT2D eigenvalue weighted by Crippen LogP contribution is 2.41. The molecule has 0 radical (unpaired) electrons. The van der Waals surface area contributed by atoms with Crippen molar-refractivity contribution in [1.29, 1.82) is 0 Å². The second kappa shape index (κ2) is 17.9. The van der Waals surface area contributed by atoms with E-state index in [9.17, 15) is 33.9 Å². The molecule has 19 heteroatoms. The number of nitrogens with zero attached hydrogens (tertiary/aromatic N) is 9. The molecule has 11 rings (SSSR count). The number of hydrogen-bond donors (Lipinski definition) is 3. The van der Waals surface area contributed by atoms with E-state index >= 15 is 4.39 Å². The van der Waals surface area contributed by atoms with Gasteiger partial charge in [-0.15, -0.1) is 0 Å². The Labute approximate surface area is 409 Å². The second-order valence-corrected chi connectivity index (χ2v) is 20.5. The topological polar surface area (TPSA) is 199 Å². The number of carbonyl (C=O) groups excluding carboxylic acids is 5. The van der Waals surface area contributed by atoms with Gasteiger partial charge in [-0.2, -0.15) is 0 Å². The van der Waals surface area contributed by atoms with Crippen molar-refractivity contribution in [1.82, 2.24) is 39.1 Å². The van der Waals surface area contributed by atoms with Gasteiger partial charge >= 0.3 is 0 Å². The number of aliphatic hydroxyl groups excluding tert-OH is 1. The third-order valence-corrected chi connectivity index (χ3v) is 15.3. The Kier molecular flexibility index (Phi) is 11.7. The Hall–Kier alpha value is -7.09. The lowest BCUT2D eigenvalue weighted by atomic mass is 9.90. The van der Waals surface area contributed by atoms with Gasteiger partial charge in [-0.05, 0) is 85.0 Å². The summed E-state index contributed by atoms with van der Waals surface area (Å²) >= 11 is 0. The predicted molar refractivity (Wildman–Crippen MR) is 261 cm³/mol. The van der Waals surface area contributed by atoms with Gasteiger partial charge in [0.25, 0.3) is 23.3 Å². The van der Waals surface area contributed by atoms with Crippen molar-refractivity contribution in [2.24, 2.45) is 12.5 Å². The molecule has 1 aromatic carbocycles. The first kappa shape index (κ1) is 46.3. The molecular weight excluding hydrogens is 910 g/mol. The maximum absolute atomic E-state index is 15.9. The zero-order valence-corrected chi connectivity index (χ0v) is 40.0. The Morgan fingerprint density at radius 3 is 2.37 bits per heavy atom. The van der Waals surface area contributed by atoms with Gasteiger partial charge < -0.3 is 24.5 Å². The zero-order chi connectivity index (χ0) is 49.5. The van der Waals surface area contributed by atoms with Crippen LogP contribution < -0.4 is 26.0 Å². The summed E-state index contributed by atoms with van der Waals surface area (Å²) in [4.78, 5) is 96.8. The minimum atomic E-state index is -1.15. The molecule has 3 fully saturated rings. The number of piperazine rings is 1. The molecule has 3 N–H and O–H groups in total. The molecular formula is C52H56FN11O7. The quantitative estimate of drug-likeness (QED) is 0.170. The number of rotatable bonds is 10. The molecule has 3 saturated heterocycles. The molecule has 5 aliphatic heterocycles. The van der Waals surface area contributed by atoms with Crippen LogP contribution in [0.15, 0.2) is 65.8 Å². The Morgan fingerprint density at radius 2 is 1.63 bits per heavy atom. The van der Waals surface area contributed by atoms with Gasteiger partial charge in [0.05, 0.1) is 29.6 Å². The predicted octanol–water partition coefficient (Wildman–Crippen LogP) is 3.99. The lowest BCUT2D eigenvalue weighted by Crippen LogP contribution is -2.54. The highest BCUT2D eigenvalue weighted by atomic mass is 19.1. The van der Waals surface area contributed by atoms with Gasteiger partial charge in [0.2, 0.25) is 11.8 Å². The van der Waals surface area contributed by atoms with Crippen molar-refractivity contribution >= 4 is 52.5 Å². The van der Waals surface area contributed by atoms with Crippen molar-refractivity contribution in [3.05, 3.63) is 116 Å². The SMILES string of the molecule is Cn1cc(-c2ccnc(N3CCn4c(cc5c4CC(C)(C)C5)C3=O)c2CO)cc(Nc2ccc(N3CCC(N4CCN(Cc5ccc6c(c5F)C(=O)N(C5CCC(=O)NC5=O)C6=O)CC4)CC3)cn2)c1=O. The van der Waals surface area contributed by atoms with Crippen LogP contribution in [-0.2, 0) is 49.2 Å². The lowest BCUT2D eigenvalue weighted by Gasteiger charge is -2.43. The largest absolute Gasteiger partial charge is 0.392 e. The van der Waals surface area contributed by atoms with Gasteiger partial charge in [0.1, 0.15) is 34.9 Å². The van der Waals surface area contributed by atoms with Gasteiger partial charge in [0, 0.05) is 113 Å². The van der Waals surface area contributed by atoms with Crippen LogP contribution >= 0.6 is 0 Å². The second-order valence-electron chi connectivity index (χ2n) is 20.5. The van der Waals surface area contributed by atoms with Gasteiger partial charge in [-0.3, -0.25) is 53.7 Å². The van der Waals surface area contributed by atoms with Crippen LogP contribution in [0.2, 0.25) is 0 Å². The van der Waals surface area contributed by atoms with E-state index in [2.05, 4.69) is 48.7 Å². The fourth-order valence-corrected chi connectivity index (χ4v) is 11.7. The molecule has 5 amide bonds. The van der Waals surface area contributed by atoms with E-state index in [0.717, 1.165) is 62.4 Å². The molecule has 1 unspecified atom stereocenters. The Balaban J connectivity index is 0.695. The lowest BCUT2D eigenvalue weighted by molar-refractivity contribution is -0.136. The van der Waals surface area contributed by atoms with Crippen molar-refractivity contribution in [3.63, 3.8) is 0 Å². The average Bonchev–Trinajstić information content (AvgIpc) is 3.95. The first-order chi connectivity index (χ1) is 34.2. The minimum Gasteiger partial charge on any atom is -0.392 e. The summed E-state index contributed by atoms with van der Waals surface area (Å²) in [6, 6.07) is 11.6. The van der Waals surface area contributed by atoms with E-state index in [4.69, 9.17) is 4.98 Å². The molecule has 0 bridgehead atoms. The Bertz CT molecular complexity index is 3100. The number of nitrogens with one attached hydrogen (secondary N) is 2. The summed E-state index contributed by atoms with van der Waals surface area (Å²) in [6.45, 7) is 10.2. The summed E-state index contributed by atoms with van der Waals surface area (Å²) in [5.41, 5.74) is 6.07. The maximum Gasteiger partial charge on any atom is 0.276 e. The standard InChI is InChI=1S/C52H56FN11O7/c1-52(2)24-31-23-40-50(70)63(21-20-62(40)41(31)25-52)46-37(29-65)35(10-13-54-46)32-22-38(49(69)58(3)27-32)56-42-8-5-34(26-55-42)60-14-11-33(12-15-60)61-18-16-59(17-19-61)28-30-4-6-36-44(45(30)53)51(71)64(48(36)68)39-7-9-43(66)57-47(39)67/h4-6,8,10,13,22-23,26-27,33,39,65H,7,9,11-12,14-21,24-25,28-29H2,1-3H3,(H,55,56)(H,57,66,67). The van der Waals surface area contributed by atoms with E-state index in [1.807, 2.05) is 24.4 Å². The van der Waals surface area contributed by atoms with E-state index < -0.39 is 35.5 Å². The fourth-order valence-electron chi connectivity index (χ4n) is 11.7. The fraction of sp³-hybridized carbons (Fsp3) is 0.423. The first-order valence-electron chi connectivity index (χ1n) is 24.5. The van der Waals surface area contributed by atoms with E-state index in [0.29, 0.717) is 77.5 Å². The number of amides is 5. The number of pyridine rings is 3. The van der Waals surface area contributed by atoms with Crippen molar-refractivity contribution in [3.8, 4) is 11.1 Å². The molecule has 71 heavy (non-hydrogen) atoms. The minimum absolute atomic E-state index is 0.00480. The summed E-state index contributed by atoms with van der Waals surface area (Å²) < 4.78 is 19.6. The van der Waals surface area contributed by atoms with Crippen molar-refractivity contribution in [2.45, 2.75) is 84.2 Å². The van der Waals surface area contributed by atoms with Gasteiger partial charge in [-0.1, -0.05) is 19.9 Å².